The predicted octanol–water partition coefficient (Wildman–Crippen LogP) is -0.881. The number of rotatable bonds is 12. The molecule has 2 heterocycles. The molecule has 35 heavy (non-hydrogen) atoms. The van der Waals surface area contributed by atoms with Crippen LogP contribution >= 0.6 is 31.1 Å². The highest BCUT2D eigenvalue weighted by Gasteiger charge is 2.48. The lowest BCUT2D eigenvalue weighted by Crippen LogP contribution is -2.37. The molecule has 2 rings (SSSR count). The van der Waals surface area contributed by atoms with Gasteiger partial charge in [-0.3, -0.25) is 23.4 Å². The van der Waals surface area contributed by atoms with Gasteiger partial charge < -0.3 is 34.5 Å². The molecule has 5 unspecified atom stereocenters. The van der Waals surface area contributed by atoms with Gasteiger partial charge in [-0.15, -0.1) is 0 Å². The first-order valence-corrected chi connectivity index (χ1v) is 15.5. The molecule has 0 saturated carbocycles. The molecule has 0 bridgehead atoms. The fraction of sp³-hybridized carbons (Fsp3) is 0.667. The van der Waals surface area contributed by atoms with Crippen LogP contribution < -0.4 is 11.2 Å². The highest BCUT2D eigenvalue weighted by molar-refractivity contribution is 7.70. The zero-order chi connectivity index (χ0) is 26.8. The van der Waals surface area contributed by atoms with Crippen LogP contribution in [0.3, 0.4) is 0 Å². The normalized spacial score (nSPS) is 29.6. The summed E-state index contributed by atoms with van der Waals surface area (Å²) in [5, 5.41) is 20.1. The number of aliphatic hydroxyl groups excluding tert-OH is 2. The number of nitrogens with zero attached hydrogens (tertiary/aromatic N) is 1. The van der Waals surface area contributed by atoms with Gasteiger partial charge in [0.15, 0.2) is 6.23 Å². The van der Waals surface area contributed by atoms with E-state index >= 15 is 0 Å². The van der Waals surface area contributed by atoms with Gasteiger partial charge in [0.1, 0.15) is 18.3 Å². The molecule has 1 fully saturated rings. The summed E-state index contributed by atoms with van der Waals surface area (Å²) in [5.74, 6) is 0. The number of H-pyrrole nitrogens is 1. The number of hydrogen-bond donors (Lipinski definition) is 7. The van der Waals surface area contributed by atoms with E-state index in [0.29, 0.717) is 4.57 Å². The van der Waals surface area contributed by atoms with Crippen LogP contribution in [0.15, 0.2) is 21.9 Å². The smallest absolute Gasteiger partial charge is 0.387 e. The van der Waals surface area contributed by atoms with Crippen molar-refractivity contribution in [3.05, 3.63) is 33.1 Å². The molecule has 23 heteroatoms. The molecule has 7 N–H and O–H groups in total. The van der Waals surface area contributed by atoms with Crippen molar-refractivity contribution in [1.29, 1.82) is 0 Å². The van der Waals surface area contributed by atoms with Crippen molar-refractivity contribution >= 4 is 31.1 Å². The maximum absolute atomic E-state index is 12.0. The maximum atomic E-state index is 12.0. The molecule has 202 valence electrons. The molecule has 1 aliphatic heterocycles. The van der Waals surface area contributed by atoms with E-state index in [9.17, 15) is 57.6 Å². The maximum Gasteiger partial charge on any atom is 0.490 e. The monoisotopic (exact) mass is 590 g/mol. The minimum atomic E-state index is -5.94. The molecular formula is C12H22N2O17P4. The molecule has 0 aliphatic carbocycles. The van der Waals surface area contributed by atoms with Crippen LogP contribution in [0.5, 0.6) is 0 Å². The molecule has 0 spiro atoms. The fourth-order valence-corrected chi connectivity index (χ4v) is 8.26. The Balaban J connectivity index is 2.03. The van der Waals surface area contributed by atoms with Crippen molar-refractivity contribution < 1.29 is 70.2 Å². The minimum Gasteiger partial charge on any atom is -0.387 e. The largest absolute Gasteiger partial charge is 0.490 e. The third-order valence-electron chi connectivity index (χ3n) is 4.01. The van der Waals surface area contributed by atoms with E-state index in [-0.39, 0.29) is 6.42 Å². The molecule has 1 aromatic heterocycles. The summed E-state index contributed by atoms with van der Waals surface area (Å²) in [6, 6.07) is 0.906. The number of nitrogens with one attached hydrogen (secondary N) is 1. The van der Waals surface area contributed by atoms with Crippen LogP contribution in [0.4, 0.5) is 0 Å². The van der Waals surface area contributed by atoms with Gasteiger partial charge in [0.2, 0.25) is 0 Å². The topological polar surface area (TPSA) is 291 Å². The Hall–Kier alpha value is -0.840. The second-order valence-corrected chi connectivity index (χ2v) is 13.6. The molecule has 1 saturated heterocycles. The Labute approximate surface area is 195 Å². The molecule has 0 radical (unpaired) electrons. The van der Waals surface area contributed by atoms with Crippen molar-refractivity contribution in [2.24, 2.45) is 0 Å². The molecule has 1 aliphatic rings. The van der Waals surface area contributed by atoms with E-state index in [1.807, 2.05) is 4.98 Å². The third-order valence-corrected chi connectivity index (χ3v) is 10.6. The van der Waals surface area contributed by atoms with Gasteiger partial charge in [-0.2, -0.15) is 8.62 Å². The SMILES string of the molecule is CCCP(=O)(O)OP(=O)(O)OP(=O)(O)OP(=O)(O)OC[C@H]1O[C@@H](n2ccc(=O)[nH]c2=O)[C@@H](O)C1O. The van der Waals surface area contributed by atoms with Crippen LogP contribution in [0.1, 0.15) is 19.6 Å². The number of hydrogen-bond acceptors (Lipinski definition) is 13. The van der Waals surface area contributed by atoms with Gasteiger partial charge in [0, 0.05) is 12.3 Å². The Bertz CT molecular complexity index is 1210. The number of aliphatic hydroxyl groups is 2. The zero-order valence-corrected chi connectivity index (χ0v) is 21.1. The molecular weight excluding hydrogens is 568 g/mol. The first kappa shape index (κ1) is 30.4. The van der Waals surface area contributed by atoms with E-state index in [2.05, 4.69) is 17.5 Å². The van der Waals surface area contributed by atoms with Crippen molar-refractivity contribution in [3.63, 3.8) is 0 Å². The standard InChI is InChI=1S/C12H22N2O17P4/c1-2-5-32(19,20)29-34(23,24)31-35(25,26)30-33(21,22)27-6-7-9(16)10(17)11(28-7)14-4-3-8(15)13-12(14)18/h3-4,7,9-11,16-17H,2,5-6H2,1H3,(H,19,20)(H,21,22)(H,23,24)(H,25,26)(H,13,15,18)/t7-,9?,10+,11-/m1/s1. The van der Waals surface area contributed by atoms with Crippen molar-refractivity contribution in [3.8, 4) is 0 Å². The number of aromatic amines is 1. The van der Waals surface area contributed by atoms with Gasteiger partial charge in [-0.25, -0.2) is 22.8 Å². The van der Waals surface area contributed by atoms with Crippen LogP contribution in [0.25, 0.3) is 0 Å². The molecule has 0 aromatic carbocycles. The van der Waals surface area contributed by atoms with Gasteiger partial charge in [-0.05, 0) is 6.42 Å². The molecule has 8 atom stereocenters. The fourth-order valence-electron chi connectivity index (χ4n) is 2.69. The Morgan fingerprint density at radius 3 is 2.11 bits per heavy atom. The molecule has 1 aromatic rings. The zero-order valence-electron chi connectivity index (χ0n) is 17.5. The number of phosphoric ester groups is 1. The van der Waals surface area contributed by atoms with Crippen molar-refractivity contribution in [2.45, 2.75) is 37.9 Å². The number of phosphoric acid groups is 3. The second kappa shape index (κ2) is 11.3. The van der Waals surface area contributed by atoms with E-state index in [4.69, 9.17) is 4.74 Å². The second-order valence-electron chi connectivity index (χ2n) is 6.87. The summed E-state index contributed by atoms with van der Waals surface area (Å²) in [5.41, 5.74) is -1.79. The molecule has 19 nitrogen and oxygen atoms in total. The Morgan fingerprint density at radius 1 is 0.971 bits per heavy atom. The first-order valence-electron chi connectivity index (χ1n) is 9.29. The summed E-state index contributed by atoms with van der Waals surface area (Å²) in [6.07, 6.45) is -6.51. The van der Waals surface area contributed by atoms with Gasteiger partial charge in [-0.1, -0.05) is 6.92 Å². The lowest BCUT2D eigenvalue weighted by molar-refractivity contribution is -0.0542. The lowest BCUT2D eigenvalue weighted by atomic mass is 10.1. The Kier molecular flexibility index (Phi) is 9.79. The van der Waals surface area contributed by atoms with Crippen LogP contribution in [-0.4, -0.2) is 70.4 Å². The average molecular weight is 590 g/mol. The lowest BCUT2D eigenvalue weighted by Gasteiger charge is -2.21. The van der Waals surface area contributed by atoms with Crippen molar-refractivity contribution in [2.75, 3.05) is 12.8 Å². The van der Waals surface area contributed by atoms with Crippen molar-refractivity contribution in [1.82, 2.24) is 9.55 Å². The summed E-state index contributed by atoms with van der Waals surface area (Å²) >= 11 is 0. The third kappa shape index (κ3) is 8.90. The molecule has 0 amide bonds. The van der Waals surface area contributed by atoms with E-state index in [1.54, 1.807) is 0 Å². The van der Waals surface area contributed by atoms with Crippen LogP contribution in [-0.2, 0) is 40.5 Å². The van der Waals surface area contributed by atoms with E-state index in [1.165, 1.54) is 6.92 Å². The first-order chi connectivity index (χ1) is 15.9. The van der Waals surface area contributed by atoms with Crippen LogP contribution in [0, 0.1) is 0 Å². The Morgan fingerprint density at radius 2 is 1.54 bits per heavy atom. The summed E-state index contributed by atoms with van der Waals surface area (Å²) in [6.45, 7) is 0.316. The average Bonchev–Trinajstić information content (AvgIpc) is 2.92. The highest BCUT2D eigenvalue weighted by Crippen LogP contribution is 2.71. The highest BCUT2D eigenvalue weighted by atomic mass is 31.3. The summed E-state index contributed by atoms with van der Waals surface area (Å²) in [7, 11) is -22.0. The van der Waals surface area contributed by atoms with E-state index in [0.717, 1.165) is 12.3 Å². The predicted molar refractivity (Wildman–Crippen MR) is 111 cm³/mol. The van der Waals surface area contributed by atoms with Crippen LogP contribution in [0.2, 0.25) is 0 Å². The number of aromatic nitrogens is 2. The van der Waals surface area contributed by atoms with Gasteiger partial charge in [0.05, 0.1) is 12.8 Å². The summed E-state index contributed by atoms with van der Waals surface area (Å²) < 4.78 is 68.7. The summed E-state index contributed by atoms with van der Waals surface area (Å²) in [4.78, 5) is 62.7. The minimum absolute atomic E-state index is 0.0161. The van der Waals surface area contributed by atoms with Gasteiger partial charge in [0.25, 0.3) is 5.56 Å². The van der Waals surface area contributed by atoms with E-state index < -0.39 is 79.6 Å². The quantitative estimate of drug-likeness (QED) is 0.145. The van der Waals surface area contributed by atoms with Gasteiger partial charge >= 0.3 is 36.8 Å². The number of ether oxygens (including phenoxy) is 1.